The molecule has 0 aromatic heterocycles. The predicted molar refractivity (Wildman–Crippen MR) is 89.3 cm³/mol. The maximum atomic E-state index is 11.4. The lowest BCUT2D eigenvalue weighted by Crippen LogP contribution is -2.29. The van der Waals surface area contributed by atoms with Crippen molar-refractivity contribution >= 4 is 49.4 Å². The third-order valence-electron chi connectivity index (χ3n) is 2.72. The van der Waals surface area contributed by atoms with Crippen LogP contribution in [0, 0.1) is 0 Å². The van der Waals surface area contributed by atoms with Crippen molar-refractivity contribution < 1.29 is 9.53 Å². The van der Waals surface area contributed by atoms with Crippen LogP contribution in [0.2, 0.25) is 5.02 Å². The van der Waals surface area contributed by atoms with Gasteiger partial charge in [-0.05, 0) is 30.3 Å². The molecule has 0 saturated carbocycles. The van der Waals surface area contributed by atoms with E-state index < -0.39 is 0 Å². The van der Waals surface area contributed by atoms with E-state index in [1.54, 1.807) is 30.3 Å². The second-order valence-electron chi connectivity index (χ2n) is 4.14. The number of hydrazine groups is 1. The lowest BCUT2D eigenvalue weighted by atomic mass is 10.1. The summed E-state index contributed by atoms with van der Waals surface area (Å²) in [4.78, 5) is 11.4. The number of nitrogens with two attached hydrogens (primary N) is 1. The molecule has 2 aromatic carbocycles. The van der Waals surface area contributed by atoms with Crippen LogP contribution in [0.15, 0.2) is 45.3 Å². The Labute approximate surface area is 143 Å². The molecule has 21 heavy (non-hydrogen) atoms. The summed E-state index contributed by atoms with van der Waals surface area (Å²) < 4.78 is 7.33. The summed E-state index contributed by atoms with van der Waals surface area (Å²) in [5.41, 5.74) is 3.44. The molecule has 0 bridgehead atoms. The van der Waals surface area contributed by atoms with Crippen LogP contribution in [0.4, 0.5) is 0 Å². The van der Waals surface area contributed by atoms with Crippen molar-refractivity contribution in [1.82, 2.24) is 5.43 Å². The van der Waals surface area contributed by atoms with Crippen molar-refractivity contribution in [2.24, 2.45) is 5.84 Å². The number of rotatable bonds is 4. The molecule has 0 aliphatic carbocycles. The number of benzene rings is 2. The number of amides is 1. The summed E-state index contributed by atoms with van der Waals surface area (Å²) in [6.07, 6.45) is 0. The maximum Gasteiger partial charge on any atom is 0.265 e. The van der Waals surface area contributed by atoms with Crippen LogP contribution in [0.5, 0.6) is 5.75 Å². The summed E-state index contributed by atoms with van der Waals surface area (Å²) in [5, 5.41) is 0.527. The summed E-state index contributed by atoms with van der Waals surface area (Å²) in [6, 6.07) is 10.6. The molecule has 0 spiro atoms. The fraction of sp³-hybridized carbons (Fsp3) is 0.0714. The highest BCUT2D eigenvalue weighted by molar-refractivity contribution is 9.10. The molecule has 2 aromatic rings. The molecule has 0 heterocycles. The Morgan fingerprint density at radius 1 is 1.24 bits per heavy atom. The van der Waals surface area contributed by atoms with E-state index in [0.29, 0.717) is 22.9 Å². The van der Waals surface area contributed by atoms with Gasteiger partial charge in [-0.15, -0.1) is 0 Å². The number of nitrogens with one attached hydrogen (secondary N) is 1. The minimum absolute atomic E-state index is 0.326. The van der Waals surface area contributed by atoms with Gasteiger partial charge in [-0.3, -0.25) is 10.2 Å². The van der Waals surface area contributed by atoms with Gasteiger partial charge in [0, 0.05) is 20.1 Å². The molecule has 1 amide bonds. The van der Waals surface area contributed by atoms with Gasteiger partial charge in [0.15, 0.2) is 0 Å². The molecule has 7 heteroatoms. The zero-order valence-corrected chi connectivity index (χ0v) is 14.6. The van der Waals surface area contributed by atoms with Crippen LogP contribution >= 0.6 is 43.5 Å². The minimum atomic E-state index is -0.348. The Hall–Kier alpha value is -1.08. The first-order valence-electron chi connectivity index (χ1n) is 5.88. The van der Waals surface area contributed by atoms with Gasteiger partial charge >= 0.3 is 0 Å². The molecule has 2 rings (SSSR count). The Morgan fingerprint density at radius 3 is 2.62 bits per heavy atom. The number of hydrogen-bond acceptors (Lipinski definition) is 3. The van der Waals surface area contributed by atoms with Crippen molar-refractivity contribution in [2.75, 3.05) is 0 Å². The Bertz CT molecular complexity index is 680. The average molecular weight is 435 g/mol. The fourth-order valence-corrected chi connectivity index (χ4v) is 2.86. The van der Waals surface area contributed by atoms with Gasteiger partial charge in [0.2, 0.25) is 0 Å². The molecule has 0 aliphatic heterocycles. The monoisotopic (exact) mass is 432 g/mol. The van der Waals surface area contributed by atoms with Crippen molar-refractivity contribution in [1.29, 1.82) is 0 Å². The topological polar surface area (TPSA) is 64.3 Å². The smallest absolute Gasteiger partial charge is 0.265 e. The lowest BCUT2D eigenvalue weighted by molar-refractivity contribution is 0.0953. The summed E-state index contributed by atoms with van der Waals surface area (Å²) >= 11 is 12.8. The van der Waals surface area contributed by atoms with E-state index >= 15 is 0 Å². The molecule has 0 radical (unpaired) electrons. The standard InChI is InChI=1S/C14H11Br2ClN2O2/c15-10-3-4-13(12(17)6-10)21-7-9-2-1-8(5-11(9)16)14(20)19-18/h1-6H,7,18H2,(H,19,20). The van der Waals surface area contributed by atoms with Crippen molar-refractivity contribution in [3.05, 3.63) is 61.5 Å². The maximum absolute atomic E-state index is 11.4. The number of hydrogen-bond donors (Lipinski definition) is 2. The molecular weight excluding hydrogens is 423 g/mol. The molecule has 110 valence electrons. The number of halogens is 3. The first-order chi connectivity index (χ1) is 10.0. The van der Waals surface area contributed by atoms with Crippen LogP contribution < -0.4 is 16.0 Å². The Kier molecular flexibility index (Phi) is 5.64. The normalized spacial score (nSPS) is 10.3. The molecule has 4 nitrogen and oxygen atoms in total. The molecule has 0 unspecified atom stereocenters. The third-order valence-corrected chi connectivity index (χ3v) is 4.25. The van der Waals surface area contributed by atoms with E-state index in [1.807, 2.05) is 6.07 Å². The summed E-state index contributed by atoms with van der Waals surface area (Å²) in [7, 11) is 0. The van der Waals surface area contributed by atoms with Gasteiger partial charge in [-0.25, -0.2) is 5.84 Å². The first kappa shape index (κ1) is 16.3. The van der Waals surface area contributed by atoms with Crippen LogP contribution in [0.3, 0.4) is 0 Å². The Balaban J connectivity index is 2.11. The minimum Gasteiger partial charge on any atom is -0.487 e. The van der Waals surface area contributed by atoms with E-state index in [2.05, 4.69) is 37.3 Å². The predicted octanol–water partition coefficient (Wildman–Crippen LogP) is 4.05. The fourth-order valence-electron chi connectivity index (χ4n) is 1.64. The van der Waals surface area contributed by atoms with E-state index in [1.165, 1.54) is 0 Å². The highest BCUT2D eigenvalue weighted by Crippen LogP contribution is 2.29. The van der Waals surface area contributed by atoms with E-state index in [4.69, 9.17) is 22.2 Å². The van der Waals surface area contributed by atoms with Gasteiger partial charge < -0.3 is 4.74 Å². The van der Waals surface area contributed by atoms with Crippen molar-refractivity contribution in [3.8, 4) is 5.75 Å². The van der Waals surface area contributed by atoms with E-state index in [-0.39, 0.29) is 5.91 Å². The second-order valence-corrected chi connectivity index (χ2v) is 6.32. The summed E-state index contributed by atoms with van der Waals surface area (Å²) in [5.74, 6) is 5.34. The van der Waals surface area contributed by atoms with Gasteiger partial charge in [0.1, 0.15) is 12.4 Å². The number of nitrogen functional groups attached to an aromatic ring is 1. The van der Waals surface area contributed by atoms with Crippen LogP contribution in [0.25, 0.3) is 0 Å². The van der Waals surface area contributed by atoms with Crippen LogP contribution in [-0.4, -0.2) is 5.91 Å². The molecular formula is C14H11Br2ClN2O2. The van der Waals surface area contributed by atoms with Crippen molar-refractivity contribution in [3.63, 3.8) is 0 Å². The third kappa shape index (κ3) is 4.20. The largest absolute Gasteiger partial charge is 0.487 e. The second kappa shape index (κ2) is 7.26. The number of ether oxygens (including phenoxy) is 1. The molecule has 0 saturated heterocycles. The molecule has 0 aliphatic rings. The molecule has 0 fully saturated rings. The van der Waals surface area contributed by atoms with E-state index in [9.17, 15) is 4.79 Å². The van der Waals surface area contributed by atoms with Crippen LogP contribution in [-0.2, 0) is 6.61 Å². The summed E-state index contributed by atoms with van der Waals surface area (Å²) in [6.45, 7) is 0.326. The van der Waals surface area contributed by atoms with Gasteiger partial charge in [-0.2, -0.15) is 0 Å². The average Bonchev–Trinajstić information content (AvgIpc) is 2.46. The SMILES string of the molecule is NNC(=O)c1ccc(COc2ccc(Br)cc2Cl)c(Br)c1. The zero-order chi connectivity index (χ0) is 15.4. The lowest BCUT2D eigenvalue weighted by Gasteiger charge is -2.10. The zero-order valence-electron chi connectivity index (χ0n) is 10.7. The quantitative estimate of drug-likeness (QED) is 0.434. The van der Waals surface area contributed by atoms with Crippen LogP contribution in [0.1, 0.15) is 15.9 Å². The van der Waals surface area contributed by atoms with E-state index in [0.717, 1.165) is 14.5 Å². The van der Waals surface area contributed by atoms with Gasteiger partial charge in [0.05, 0.1) is 5.02 Å². The van der Waals surface area contributed by atoms with Gasteiger partial charge in [0.25, 0.3) is 5.91 Å². The van der Waals surface area contributed by atoms with Gasteiger partial charge in [-0.1, -0.05) is 49.5 Å². The molecule has 3 N–H and O–H groups in total. The highest BCUT2D eigenvalue weighted by Gasteiger charge is 2.09. The molecule has 0 atom stereocenters. The number of carbonyl (C=O) groups excluding carboxylic acids is 1. The van der Waals surface area contributed by atoms with Crippen molar-refractivity contribution in [2.45, 2.75) is 6.61 Å². The Morgan fingerprint density at radius 2 is 2.00 bits per heavy atom. The number of carbonyl (C=O) groups is 1. The highest BCUT2D eigenvalue weighted by atomic mass is 79.9. The first-order valence-corrected chi connectivity index (χ1v) is 7.85.